The molecule has 0 aliphatic carbocycles. The molecular weight excluding hydrogens is 218 g/mol. The minimum Gasteiger partial charge on any atom is -0.307 e. The molecule has 0 spiro atoms. The van der Waals surface area contributed by atoms with E-state index in [-0.39, 0.29) is 6.04 Å². The summed E-state index contributed by atoms with van der Waals surface area (Å²) >= 11 is 6.08. The second-order valence-corrected chi connectivity index (χ2v) is 4.73. The van der Waals surface area contributed by atoms with Crippen molar-refractivity contribution < 1.29 is 0 Å². The van der Waals surface area contributed by atoms with Crippen LogP contribution in [0.25, 0.3) is 0 Å². The molecule has 1 unspecified atom stereocenters. The number of rotatable bonds is 5. The first kappa shape index (κ1) is 13.3. The summed E-state index contributed by atoms with van der Waals surface area (Å²) in [5, 5.41) is 4.27. The number of nitrogens with one attached hydrogen (secondary N) is 1. The van der Waals surface area contributed by atoms with Gasteiger partial charge in [-0.25, -0.2) is 0 Å². The summed E-state index contributed by atoms with van der Waals surface area (Å²) in [7, 11) is 0. The number of hydrogen-bond acceptors (Lipinski definition) is 1. The van der Waals surface area contributed by atoms with Gasteiger partial charge in [0.25, 0.3) is 0 Å². The fourth-order valence-electron chi connectivity index (χ4n) is 1.80. The first-order valence-electron chi connectivity index (χ1n) is 5.70. The number of hydrogen-bond donors (Lipinski definition) is 1. The van der Waals surface area contributed by atoms with Crippen LogP contribution in [-0.2, 0) is 0 Å². The maximum Gasteiger partial charge on any atom is 0.0531 e. The average molecular weight is 238 g/mol. The SMILES string of the molecule is C=C(C)C(NCCC)c1cc(C)cc(Cl)c1. The maximum atomic E-state index is 6.08. The van der Waals surface area contributed by atoms with Gasteiger partial charge in [-0.1, -0.05) is 36.7 Å². The molecule has 0 saturated carbocycles. The van der Waals surface area contributed by atoms with E-state index >= 15 is 0 Å². The van der Waals surface area contributed by atoms with Crippen LogP contribution >= 0.6 is 11.6 Å². The molecule has 0 aliphatic heterocycles. The summed E-state index contributed by atoms with van der Waals surface area (Å²) in [6.45, 7) is 11.3. The predicted molar refractivity (Wildman–Crippen MR) is 72.0 cm³/mol. The highest BCUT2D eigenvalue weighted by Gasteiger charge is 2.11. The molecular formula is C14H20ClN. The summed E-state index contributed by atoms with van der Waals surface area (Å²) in [6.07, 6.45) is 1.11. The summed E-state index contributed by atoms with van der Waals surface area (Å²) in [5.74, 6) is 0. The van der Waals surface area contributed by atoms with Crippen LogP contribution in [0.5, 0.6) is 0 Å². The fraction of sp³-hybridized carbons (Fsp3) is 0.429. The monoisotopic (exact) mass is 237 g/mol. The van der Waals surface area contributed by atoms with Gasteiger partial charge in [0.05, 0.1) is 6.04 Å². The molecule has 1 atom stereocenters. The van der Waals surface area contributed by atoms with E-state index in [0.29, 0.717) is 0 Å². The van der Waals surface area contributed by atoms with E-state index in [9.17, 15) is 0 Å². The first-order valence-corrected chi connectivity index (χ1v) is 6.08. The molecule has 0 saturated heterocycles. The van der Waals surface area contributed by atoms with Crippen LogP contribution < -0.4 is 5.32 Å². The largest absolute Gasteiger partial charge is 0.307 e. The number of halogens is 1. The molecule has 0 bridgehead atoms. The fourth-order valence-corrected chi connectivity index (χ4v) is 2.09. The molecule has 1 N–H and O–H groups in total. The highest BCUT2D eigenvalue weighted by Crippen LogP contribution is 2.24. The third kappa shape index (κ3) is 3.66. The van der Waals surface area contributed by atoms with E-state index in [1.807, 2.05) is 19.1 Å². The molecule has 1 aromatic carbocycles. The number of benzene rings is 1. The van der Waals surface area contributed by atoms with Crippen molar-refractivity contribution in [3.8, 4) is 0 Å². The second-order valence-electron chi connectivity index (χ2n) is 4.30. The Labute approximate surface area is 104 Å². The van der Waals surface area contributed by atoms with E-state index < -0.39 is 0 Å². The van der Waals surface area contributed by atoms with Crippen molar-refractivity contribution in [3.05, 3.63) is 46.5 Å². The quantitative estimate of drug-likeness (QED) is 0.755. The van der Waals surface area contributed by atoms with Crippen LogP contribution in [0.4, 0.5) is 0 Å². The van der Waals surface area contributed by atoms with Gasteiger partial charge in [0.1, 0.15) is 0 Å². The van der Waals surface area contributed by atoms with Crippen molar-refractivity contribution in [2.75, 3.05) is 6.54 Å². The van der Waals surface area contributed by atoms with Gasteiger partial charge < -0.3 is 5.32 Å². The van der Waals surface area contributed by atoms with Crippen LogP contribution in [0, 0.1) is 6.92 Å². The van der Waals surface area contributed by atoms with Crippen LogP contribution in [0.15, 0.2) is 30.4 Å². The van der Waals surface area contributed by atoms with Gasteiger partial charge in [-0.05, 0) is 50.1 Å². The van der Waals surface area contributed by atoms with Crippen LogP contribution in [0.1, 0.15) is 37.4 Å². The first-order chi connectivity index (χ1) is 7.54. The Hall–Kier alpha value is -0.790. The molecule has 1 rings (SSSR count). The zero-order valence-corrected chi connectivity index (χ0v) is 11.1. The molecule has 0 fully saturated rings. The van der Waals surface area contributed by atoms with Gasteiger partial charge in [-0.2, -0.15) is 0 Å². The van der Waals surface area contributed by atoms with Crippen LogP contribution in [0.3, 0.4) is 0 Å². The molecule has 16 heavy (non-hydrogen) atoms. The van der Waals surface area contributed by atoms with Crippen molar-refractivity contribution >= 4 is 11.6 Å². The van der Waals surface area contributed by atoms with Crippen molar-refractivity contribution in [3.63, 3.8) is 0 Å². The van der Waals surface area contributed by atoms with Gasteiger partial charge in [-0.3, -0.25) is 0 Å². The summed E-state index contributed by atoms with van der Waals surface area (Å²) in [5.41, 5.74) is 3.51. The molecule has 0 aliphatic rings. The molecule has 1 aromatic rings. The maximum absolute atomic E-state index is 6.08. The zero-order valence-electron chi connectivity index (χ0n) is 10.3. The molecule has 0 radical (unpaired) electrons. The summed E-state index contributed by atoms with van der Waals surface area (Å²) in [6, 6.07) is 6.35. The minimum absolute atomic E-state index is 0.206. The average Bonchev–Trinajstić information content (AvgIpc) is 2.16. The Morgan fingerprint density at radius 2 is 2.12 bits per heavy atom. The summed E-state index contributed by atoms with van der Waals surface area (Å²) in [4.78, 5) is 0. The summed E-state index contributed by atoms with van der Waals surface area (Å²) < 4.78 is 0. The molecule has 1 nitrogen and oxygen atoms in total. The molecule has 0 heterocycles. The normalized spacial score (nSPS) is 12.5. The standard InChI is InChI=1S/C14H20ClN/c1-5-6-16-14(10(2)3)12-7-11(4)8-13(15)9-12/h7-9,14,16H,2,5-6H2,1,3-4H3. The van der Waals surface area contributed by atoms with E-state index in [0.717, 1.165) is 23.6 Å². The van der Waals surface area contributed by atoms with Crippen LogP contribution in [-0.4, -0.2) is 6.54 Å². The van der Waals surface area contributed by atoms with Crippen molar-refractivity contribution in [2.24, 2.45) is 0 Å². The van der Waals surface area contributed by atoms with Gasteiger partial charge in [-0.15, -0.1) is 0 Å². The minimum atomic E-state index is 0.206. The topological polar surface area (TPSA) is 12.0 Å². The van der Waals surface area contributed by atoms with Crippen molar-refractivity contribution in [1.82, 2.24) is 5.32 Å². The van der Waals surface area contributed by atoms with E-state index in [1.165, 1.54) is 11.1 Å². The molecule has 0 amide bonds. The lowest BCUT2D eigenvalue weighted by Gasteiger charge is -2.20. The van der Waals surface area contributed by atoms with Gasteiger partial charge in [0, 0.05) is 5.02 Å². The third-order valence-electron chi connectivity index (χ3n) is 2.49. The Balaban J connectivity index is 2.96. The van der Waals surface area contributed by atoms with Crippen molar-refractivity contribution in [2.45, 2.75) is 33.2 Å². The highest BCUT2D eigenvalue weighted by molar-refractivity contribution is 6.30. The van der Waals surface area contributed by atoms with Gasteiger partial charge >= 0.3 is 0 Å². The third-order valence-corrected chi connectivity index (χ3v) is 2.71. The van der Waals surface area contributed by atoms with Gasteiger partial charge in [0.15, 0.2) is 0 Å². The lowest BCUT2D eigenvalue weighted by Crippen LogP contribution is -2.22. The molecule has 2 heteroatoms. The zero-order chi connectivity index (χ0) is 12.1. The van der Waals surface area contributed by atoms with Crippen molar-refractivity contribution in [1.29, 1.82) is 0 Å². The Morgan fingerprint density at radius 3 is 2.62 bits per heavy atom. The van der Waals surface area contributed by atoms with Crippen LogP contribution in [0.2, 0.25) is 5.02 Å². The Kier molecular flexibility index (Phi) is 5.04. The van der Waals surface area contributed by atoms with Gasteiger partial charge in [0.2, 0.25) is 0 Å². The molecule has 0 aromatic heterocycles. The highest BCUT2D eigenvalue weighted by atomic mass is 35.5. The molecule has 88 valence electrons. The Morgan fingerprint density at radius 1 is 1.44 bits per heavy atom. The lowest BCUT2D eigenvalue weighted by molar-refractivity contribution is 0.591. The second kappa shape index (κ2) is 6.07. The van der Waals surface area contributed by atoms with E-state index in [1.54, 1.807) is 0 Å². The Bertz CT molecular complexity index is 351. The number of aryl methyl sites for hydroxylation is 1. The predicted octanol–water partition coefficient (Wildman–Crippen LogP) is 4.27. The lowest BCUT2D eigenvalue weighted by atomic mass is 9.99. The van der Waals surface area contributed by atoms with E-state index in [2.05, 4.69) is 31.8 Å². The smallest absolute Gasteiger partial charge is 0.0531 e. The van der Waals surface area contributed by atoms with E-state index in [4.69, 9.17) is 11.6 Å².